The third-order valence-electron chi connectivity index (χ3n) is 3.40. The molecule has 162 valence electrons. The van der Waals surface area contributed by atoms with Gasteiger partial charge >= 0.3 is 0 Å². The molecule has 3 heteroatoms. The van der Waals surface area contributed by atoms with Crippen molar-refractivity contribution in [3.63, 3.8) is 0 Å². The Morgan fingerprint density at radius 2 is 1.41 bits per heavy atom. The molecule has 0 aliphatic carbocycles. The van der Waals surface area contributed by atoms with Gasteiger partial charge in [-0.05, 0) is 38.6 Å². The average molecular weight is 384 g/mol. The summed E-state index contributed by atoms with van der Waals surface area (Å²) in [5.74, 6) is 0. The molecule has 0 unspecified atom stereocenters. The van der Waals surface area contributed by atoms with Crippen molar-refractivity contribution in [1.29, 1.82) is 0 Å². The van der Waals surface area contributed by atoms with Crippen LogP contribution in [0.2, 0.25) is 0 Å². The van der Waals surface area contributed by atoms with E-state index < -0.39 is 5.60 Å². The van der Waals surface area contributed by atoms with Gasteiger partial charge in [-0.25, -0.2) is 0 Å². The van der Waals surface area contributed by atoms with Gasteiger partial charge in [0.05, 0.1) is 18.2 Å². The third-order valence-corrected chi connectivity index (χ3v) is 3.40. The summed E-state index contributed by atoms with van der Waals surface area (Å²) in [4.78, 5) is 2.11. The molecule has 0 radical (unpaired) electrons. The van der Waals surface area contributed by atoms with Gasteiger partial charge < -0.3 is 10.2 Å². The van der Waals surface area contributed by atoms with Crippen molar-refractivity contribution in [1.82, 2.24) is 4.90 Å². The molecular formula is C24H49NO2. The van der Waals surface area contributed by atoms with Crippen LogP contribution in [0.4, 0.5) is 0 Å². The molecule has 2 N–H and O–H groups in total. The molecule has 1 aromatic rings. The van der Waals surface area contributed by atoms with Crippen molar-refractivity contribution in [2.24, 2.45) is 0 Å². The van der Waals surface area contributed by atoms with Crippen LogP contribution in [0.15, 0.2) is 42.0 Å². The lowest BCUT2D eigenvalue weighted by molar-refractivity contribution is 0.0132. The average Bonchev–Trinajstić information content (AvgIpc) is 2.74. The summed E-state index contributed by atoms with van der Waals surface area (Å²) >= 11 is 0. The predicted octanol–water partition coefficient (Wildman–Crippen LogP) is 6.47. The molecule has 0 heterocycles. The summed E-state index contributed by atoms with van der Waals surface area (Å²) in [5.41, 5.74) is 0.813. The lowest BCUT2D eigenvalue weighted by Crippen LogP contribution is -2.41. The van der Waals surface area contributed by atoms with E-state index in [0.717, 1.165) is 17.7 Å². The van der Waals surface area contributed by atoms with Crippen molar-refractivity contribution in [3.8, 4) is 0 Å². The van der Waals surface area contributed by atoms with E-state index in [0.29, 0.717) is 0 Å². The fourth-order valence-corrected chi connectivity index (χ4v) is 2.48. The second-order valence-electron chi connectivity index (χ2n) is 5.26. The van der Waals surface area contributed by atoms with E-state index in [1.54, 1.807) is 13.0 Å². The van der Waals surface area contributed by atoms with Gasteiger partial charge in [0.1, 0.15) is 0 Å². The highest BCUT2D eigenvalue weighted by Gasteiger charge is 2.33. The molecule has 0 bridgehead atoms. The van der Waals surface area contributed by atoms with Crippen LogP contribution in [-0.2, 0) is 0 Å². The van der Waals surface area contributed by atoms with Crippen LogP contribution in [0.5, 0.6) is 0 Å². The molecule has 0 saturated carbocycles. The summed E-state index contributed by atoms with van der Waals surface area (Å²) in [5, 5.41) is 20.0. The monoisotopic (exact) mass is 383 g/mol. The Morgan fingerprint density at radius 3 is 1.74 bits per heavy atom. The SMILES string of the molecule is CC.CC.CC.CC.CCN(C)[C@@H](c1ccccc1)[C@](C)(O)/C=C(/C)CO. The molecule has 1 rings (SSSR count). The number of likely N-dealkylation sites (N-methyl/N-ethyl adjacent to an activating group) is 1. The van der Waals surface area contributed by atoms with Crippen molar-refractivity contribution in [2.45, 2.75) is 87.8 Å². The zero-order valence-electron chi connectivity index (χ0n) is 20.3. The quantitative estimate of drug-likeness (QED) is 0.553. The molecule has 2 atom stereocenters. The van der Waals surface area contributed by atoms with Gasteiger partial charge in [-0.15, -0.1) is 0 Å². The van der Waals surface area contributed by atoms with Crippen LogP contribution < -0.4 is 0 Å². The van der Waals surface area contributed by atoms with Crippen molar-refractivity contribution in [3.05, 3.63) is 47.5 Å². The molecule has 0 spiro atoms. The Kier molecular flexibility index (Phi) is 28.3. The van der Waals surface area contributed by atoms with Gasteiger partial charge in [0.15, 0.2) is 0 Å². The molecule has 0 amide bonds. The summed E-state index contributed by atoms with van der Waals surface area (Å²) in [6, 6.07) is 9.83. The molecule has 0 aliphatic rings. The highest BCUT2D eigenvalue weighted by Crippen LogP contribution is 2.32. The van der Waals surface area contributed by atoms with Crippen molar-refractivity contribution >= 4 is 0 Å². The third kappa shape index (κ3) is 14.6. The number of aliphatic hydroxyl groups is 2. The molecule has 0 saturated heterocycles. The van der Waals surface area contributed by atoms with Gasteiger partial charge in [0.2, 0.25) is 0 Å². The lowest BCUT2D eigenvalue weighted by atomic mass is 9.87. The zero-order valence-corrected chi connectivity index (χ0v) is 20.3. The van der Waals surface area contributed by atoms with Gasteiger partial charge in [0, 0.05) is 0 Å². The smallest absolute Gasteiger partial charge is 0.0998 e. The number of hydrogen-bond acceptors (Lipinski definition) is 3. The minimum Gasteiger partial charge on any atom is -0.392 e. The summed E-state index contributed by atoms with van der Waals surface area (Å²) < 4.78 is 0. The molecule has 0 aliphatic heterocycles. The first-order valence-electron chi connectivity index (χ1n) is 10.7. The second-order valence-corrected chi connectivity index (χ2v) is 5.26. The topological polar surface area (TPSA) is 43.7 Å². The summed E-state index contributed by atoms with van der Waals surface area (Å²) in [7, 11) is 1.99. The van der Waals surface area contributed by atoms with Crippen LogP contribution in [0, 0.1) is 0 Å². The Labute approximate surface area is 171 Å². The van der Waals surface area contributed by atoms with Crippen LogP contribution in [-0.4, -0.2) is 40.9 Å². The molecular weight excluding hydrogens is 334 g/mol. The number of aliphatic hydroxyl groups excluding tert-OH is 1. The standard InChI is InChI=1S/C16H25NO2.4C2H6/c1-5-17(4)15(14-9-7-6-8-10-14)16(3,19)11-13(2)12-18;4*1-2/h6-11,15,18-19H,5,12H2,1-4H3;4*1-2H3/b13-11-;;;;/t15-,16+;;;;/m0..../s1. The largest absolute Gasteiger partial charge is 0.392 e. The van der Waals surface area contributed by atoms with Crippen molar-refractivity contribution < 1.29 is 10.2 Å². The lowest BCUT2D eigenvalue weighted by Gasteiger charge is -2.37. The number of rotatable bonds is 6. The van der Waals surface area contributed by atoms with E-state index in [4.69, 9.17) is 5.11 Å². The van der Waals surface area contributed by atoms with Crippen LogP contribution in [0.25, 0.3) is 0 Å². The van der Waals surface area contributed by atoms with Gasteiger partial charge in [-0.1, -0.05) is 98.7 Å². The zero-order chi connectivity index (χ0) is 22.5. The van der Waals surface area contributed by atoms with E-state index in [1.807, 2.05) is 99.7 Å². The maximum Gasteiger partial charge on any atom is 0.0998 e. The Bertz CT molecular complexity index is 414. The van der Waals surface area contributed by atoms with Crippen LogP contribution >= 0.6 is 0 Å². The van der Waals surface area contributed by atoms with Gasteiger partial charge in [-0.3, -0.25) is 4.90 Å². The molecule has 3 nitrogen and oxygen atoms in total. The highest BCUT2D eigenvalue weighted by atomic mass is 16.3. The Hall–Kier alpha value is -1.16. The molecule has 1 aromatic carbocycles. The second kappa shape index (κ2) is 22.9. The molecule has 0 aromatic heterocycles. The summed E-state index contributed by atoms with van der Waals surface area (Å²) in [6.45, 7) is 22.5. The molecule has 27 heavy (non-hydrogen) atoms. The van der Waals surface area contributed by atoms with Crippen LogP contribution in [0.1, 0.15) is 87.8 Å². The van der Waals surface area contributed by atoms with Crippen LogP contribution in [0.3, 0.4) is 0 Å². The van der Waals surface area contributed by atoms with Gasteiger partial charge in [0.25, 0.3) is 0 Å². The number of nitrogens with zero attached hydrogens (tertiary/aromatic N) is 1. The molecule has 0 fully saturated rings. The van der Waals surface area contributed by atoms with Gasteiger partial charge in [-0.2, -0.15) is 0 Å². The summed E-state index contributed by atoms with van der Waals surface area (Å²) in [6.07, 6.45) is 1.75. The fraction of sp³-hybridized carbons (Fsp3) is 0.667. The number of benzene rings is 1. The minimum absolute atomic E-state index is 0.0342. The van der Waals surface area contributed by atoms with E-state index in [1.165, 1.54) is 0 Å². The first-order chi connectivity index (χ1) is 12.9. The predicted molar refractivity (Wildman–Crippen MR) is 124 cm³/mol. The normalized spacial score (nSPS) is 13.1. The van der Waals surface area contributed by atoms with E-state index in [9.17, 15) is 5.11 Å². The minimum atomic E-state index is -1.03. The first-order valence-corrected chi connectivity index (χ1v) is 10.7. The highest BCUT2D eigenvalue weighted by molar-refractivity contribution is 5.26. The Balaban J connectivity index is -0.000000292. The van der Waals surface area contributed by atoms with E-state index in [-0.39, 0.29) is 12.6 Å². The maximum absolute atomic E-state index is 10.8. The van der Waals surface area contributed by atoms with Crippen molar-refractivity contribution in [2.75, 3.05) is 20.2 Å². The Morgan fingerprint density at radius 1 is 1.00 bits per heavy atom. The maximum atomic E-state index is 10.8. The van der Waals surface area contributed by atoms with E-state index in [2.05, 4.69) is 11.8 Å². The number of hydrogen-bond donors (Lipinski definition) is 2. The fourth-order valence-electron chi connectivity index (χ4n) is 2.48. The first kappa shape index (κ1) is 33.4. The van der Waals surface area contributed by atoms with E-state index >= 15 is 0 Å².